The number of ether oxygens (including phenoxy) is 1. The lowest BCUT2D eigenvalue weighted by Gasteiger charge is -2.07. The van der Waals surface area contributed by atoms with Gasteiger partial charge < -0.3 is 10.1 Å². The Kier molecular flexibility index (Phi) is 6.71. The van der Waals surface area contributed by atoms with Crippen LogP contribution in [0, 0.1) is 12.7 Å². The molecule has 0 saturated heterocycles. The molecule has 2 aromatic rings. The van der Waals surface area contributed by atoms with Crippen molar-refractivity contribution in [2.75, 3.05) is 6.61 Å². The Morgan fingerprint density at radius 3 is 2.72 bits per heavy atom. The van der Waals surface area contributed by atoms with E-state index in [1.807, 2.05) is 31.2 Å². The van der Waals surface area contributed by atoms with Crippen LogP contribution >= 0.6 is 11.6 Å². The number of carbonyl (C=O) groups is 2. The summed E-state index contributed by atoms with van der Waals surface area (Å²) in [5, 5.41) is 2.65. The molecule has 4 nitrogen and oxygen atoms in total. The predicted octanol–water partition coefficient (Wildman–Crippen LogP) is 3.66. The lowest BCUT2D eigenvalue weighted by Crippen LogP contribution is -2.28. The van der Waals surface area contributed by atoms with Crippen LogP contribution in [0.25, 0.3) is 6.08 Å². The zero-order valence-corrected chi connectivity index (χ0v) is 14.3. The minimum Gasteiger partial charge on any atom is -0.452 e. The molecule has 2 rings (SSSR count). The summed E-state index contributed by atoms with van der Waals surface area (Å²) in [6, 6.07) is 11.7. The number of rotatable bonds is 6. The van der Waals surface area contributed by atoms with E-state index in [4.69, 9.17) is 16.3 Å². The van der Waals surface area contributed by atoms with E-state index in [2.05, 4.69) is 5.32 Å². The van der Waals surface area contributed by atoms with Crippen molar-refractivity contribution in [2.45, 2.75) is 13.5 Å². The maximum atomic E-state index is 13.0. The van der Waals surface area contributed by atoms with Gasteiger partial charge in [-0.25, -0.2) is 9.18 Å². The second-order valence-corrected chi connectivity index (χ2v) is 5.73. The molecule has 0 aromatic heterocycles. The third-order valence-corrected chi connectivity index (χ3v) is 3.73. The summed E-state index contributed by atoms with van der Waals surface area (Å²) >= 11 is 5.65. The third-order valence-electron chi connectivity index (χ3n) is 3.44. The average molecular weight is 362 g/mol. The molecular formula is C19H17ClFNO3. The molecule has 0 radical (unpaired) electrons. The molecule has 6 heteroatoms. The molecule has 0 atom stereocenters. The molecule has 1 amide bonds. The van der Waals surface area contributed by atoms with Crippen LogP contribution < -0.4 is 5.32 Å². The Hall–Kier alpha value is -2.66. The largest absolute Gasteiger partial charge is 0.452 e. The summed E-state index contributed by atoms with van der Waals surface area (Å²) in [6.07, 6.45) is 2.58. The highest BCUT2D eigenvalue weighted by Crippen LogP contribution is 2.16. The van der Waals surface area contributed by atoms with Gasteiger partial charge in [0.2, 0.25) is 0 Å². The zero-order chi connectivity index (χ0) is 18.2. The standard InChI is InChI=1S/C19H17ClFNO3/c1-13-4-2-3-5-15(13)11-22-18(23)12-25-19(24)9-7-14-6-8-17(21)16(20)10-14/h2-10H,11-12H2,1H3,(H,22,23)/b9-7+. The van der Waals surface area contributed by atoms with Crippen molar-refractivity contribution in [3.63, 3.8) is 0 Å². The number of esters is 1. The molecular weight excluding hydrogens is 345 g/mol. The van der Waals surface area contributed by atoms with Crippen molar-refractivity contribution in [3.05, 3.63) is 76.1 Å². The maximum Gasteiger partial charge on any atom is 0.331 e. The fourth-order valence-corrected chi connectivity index (χ4v) is 2.21. The molecule has 2 aromatic carbocycles. The summed E-state index contributed by atoms with van der Waals surface area (Å²) in [4.78, 5) is 23.3. The number of hydrogen-bond donors (Lipinski definition) is 1. The van der Waals surface area contributed by atoms with Gasteiger partial charge in [-0.05, 0) is 41.8 Å². The van der Waals surface area contributed by atoms with Crippen molar-refractivity contribution in [2.24, 2.45) is 0 Å². The lowest BCUT2D eigenvalue weighted by molar-refractivity contribution is -0.143. The van der Waals surface area contributed by atoms with Crippen LogP contribution in [0.4, 0.5) is 4.39 Å². The van der Waals surface area contributed by atoms with Crippen molar-refractivity contribution < 1.29 is 18.7 Å². The Balaban J connectivity index is 1.77. The van der Waals surface area contributed by atoms with Gasteiger partial charge >= 0.3 is 5.97 Å². The number of amides is 1. The highest BCUT2D eigenvalue weighted by atomic mass is 35.5. The molecule has 25 heavy (non-hydrogen) atoms. The molecule has 0 aliphatic carbocycles. The van der Waals surface area contributed by atoms with Gasteiger partial charge in [-0.2, -0.15) is 0 Å². The Bertz CT molecular complexity index is 805. The number of nitrogens with one attached hydrogen (secondary N) is 1. The summed E-state index contributed by atoms with van der Waals surface area (Å²) in [5.74, 6) is -1.60. The molecule has 130 valence electrons. The van der Waals surface area contributed by atoms with Crippen LogP contribution in [0.1, 0.15) is 16.7 Å². The molecule has 0 aliphatic heterocycles. The molecule has 1 N–H and O–H groups in total. The minimum absolute atomic E-state index is 0.0360. The van der Waals surface area contributed by atoms with Crippen LogP contribution in [0.5, 0.6) is 0 Å². The van der Waals surface area contributed by atoms with Gasteiger partial charge in [-0.3, -0.25) is 4.79 Å². The smallest absolute Gasteiger partial charge is 0.331 e. The molecule has 0 unspecified atom stereocenters. The second-order valence-electron chi connectivity index (χ2n) is 5.32. The number of benzene rings is 2. The first-order valence-electron chi connectivity index (χ1n) is 7.57. The van der Waals surface area contributed by atoms with E-state index in [0.29, 0.717) is 12.1 Å². The maximum absolute atomic E-state index is 13.0. The second kappa shape index (κ2) is 8.99. The van der Waals surface area contributed by atoms with Crippen LogP contribution in [-0.2, 0) is 20.9 Å². The molecule has 0 aliphatic rings. The van der Waals surface area contributed by atoms with Gasteiger partial charge in [0.15, 0.2) is 6.61 Å². The molecule has 0 saturated carbocycles. The first-order valence-corrected chi connectivity index (χ1v) is 7.94. The first kappa shape index (κ1) is 18.7. The van der Waals surface area contributed by atoms with Gasteiger partial charge in [-0.1, -0.05) is 41.9 Å². The highest BCUT2D eigenvalue weighted by molar-refractivity contribution is 6.30. The van der Waals surface area contributed by atoms with Gasteiger partial charge in [0, 0.05) is 12.6 Å². The number of aryl methyl sites for hydroxylation is 1. The van der Waals surface area contributed by atoms with Crippen LogP contribution in [0.2, 0.25) is 5.02 Å². The summed E-state index contributed by atoms with van der Waals surface area (Å²) in [5.41, 5.74) is 2.61. The molecule has 0 heterocycles. The number of halogens is 2. The van der Waals surface area contributed by atoms with E-state index >= 15 is 0 Å². The van der Waals surface area contributed by atoms with Crippen LogP contribution in [0.3, 0.4) is 0 Å². The van der Waals surface area contributed by atoms with E-state index in [9.17, 15) is 14.0 Å². The first-order chi connectivity index (χ1) is 12.0. The minimum atomic E-state index is -0.675. The van der Waals surface area contributed by atoms with Gasteiger partial charge in [0.05, 0.1) is 5.02 Å². The number of hydrogen-bond acceptors (Lipinski definition) is 3. The van der Waals surface area contributed by atoms with E-state index < -0.39 is 17.7 Å². The van der Waals surface area contributed by atoms with E-state index in [1.54, 1.807) is 0 Å². The normalized spacial score (nSPS) is 10.7. The lowest BCUT2D eigenvalue weighted by atomic mass is 10.1. The SMILES string of the molecule is Cc1ccccc1CNC(=O)COC(=O)/C=C/c1ccc(F)c(Cl)c1. The van der Waals surface area contributed by atoms with Gasteiger partial charge in [-0.15, -0.1) is 0 Å². The van der Waals surface area contributed by atoms with Crippen molar-refractivity contribution in [1.82, 2.24) is 5.32 Å². The van der Waals surface area contributed by atoms with E-state index in [1.165, 1.54) is 24.3 Å². The summed E-state index contributed by atoms with van der Waals surface area (Å²) in [7, 11) is 0. The topological polar surface area (TPSA) is 55.4 Å². The highest BCUT2D eigenvalue weighted by Gasteiger charge is 2.06. The van der Waals surface area contributed by atoms with E-state index in [-0.39, 0.29) is 11.6 Å². The Morgan fingerprint density at radius 2 is 2.00 bits per heavy atom. The zero-order valence-electron chi connectivity index (χ0n) is 13.6. The summed E-state index contributed by atoms with van der Waals surface area (Å²) < 4.78 is 17.9. The van der Waals surface area contributed by atoms with Crippen molar-refractivity contribution in [1.29, 1.82) is 0 Å². The van der Waals surface area contributed by atoms with Gasteiger partial charge in [0.25, 0.3) is 5.91 Å². The monoisotopic (exact) mass is 361 g/mol. The number of carbonyl (C=O) groups excluding carboxylic acids is 2. The van der Waals surface area contributed by atoms with Crippen LogP contribution in [0.15, 0.2) is 48.5 Å². The fourth-order valence-electron chi connectivity index (χ4n) is 2.02. The average Bonchev–Trinajstić information content (AvgIpc) is 2.60. The fraction of sp³-hybridized carbons (Fsp3) is 0.158. The molecule has 0 fully saturated rings. The van der Waals surface area contributed by atoms with Crippen molar-refractivity contribution >= 4 is 29.6 Å². The molecule has 0 spiro atoms. The van der Waals surface area contributed by atoms with Crippen LogP contribution in [-0.4, -0.2) is 18.5 Å². The van der Waals surface area contributed by atoms with E-state index in [0.717, 1.165) is 17.2 Å². The molecule has 0 bridgehead atoms. The van der Waals surface area contributed by atoms with Gasteiger partial charge in [0.1, 0.15) is 5.82 Å². The summed E-state index contributed by atoms with van der Waals surface area (Å²) in [6.45, 7) is 1.94. The Labute approximate surface area is 150 Å². The quantitative estimate of drug-likeness (QED) is 0.631. The third kappa shape index (κ3) is 6.04. The van der Waals surface area contributed by atoms with Crippen molar-refractivity contribution in [3.8, 4) is 0 Å². The predicted molar refractivity (Wildman–Crippen MR) is 94.4 cm³/mol. The Morgan fingerprint density at radius 1 is 1.24 bits per heavy atom.